The van der Waals surface area contributed by atoms with Crippen molar-refractivity contribution in [2.24, 2.45) is 0 Å². The van der Waals surface area contributed by atoms with E-state index >= 15 is 0 Å². The maximum atomic E-state index is 12.9. The van der Waals surface area contributed by atoms with Crippen molar-refractivity contribution in [2.45, 2.75) is 19.6 Å². The minimum Gasteiger partial charge on any atom is -0.346 e. The first kappa shape index (κ1) is 21.2. The predicted octanol–water partition coefficient (Wildman–Crippen LogP) is 4.59. The van der Waals surface area contributed by atoms with E-state index in [1.165, 1.54) is 16.8 Å². The molecule has 6 nitrogen and oxygen atoms in total. The van der Waals surface area contributed by atoms with Crippen LogP contribution in [-0.4, -0.2) is 25.9 Å². The number of halogens is 3. The number of benzene rings is 2. The van der Waals surface area contributed by atoms with E-state index in [1.54, 1.807) is 24.5 Å². The first-order valence-electron chi connectivity index (χ1n) is 9.70. The minimum atomic E-state index is -4.45. The molecular formula is C23H18F3N5O. The molecule has 0 bridgehead atoms. The zero-order valence-corrected chi connectivity index (χ0v) is 17.0. The van der Waals surface area contributed by atoms with Gasteiger partial charge in [-0.05, 0) is 48.9 Å². The number of pyridine rings is 1. The normalized spacial score (nSPS) is 11.4. The summed E-state index contributed by atoms with van der Waals surface area (Å²) >= 11 is 0. The Labute approximate surface area is 181 Å². The topological polar surface area (TPSA) is 72.7 Å². The molecule has 0 radical (unpaired) electrons. The van der Waals surface area contributed by atoms with E-state index < -0.39 is 17.6 Å². The predicted molar refractivity (Wildman–Crippen MR) is 112 cm³/mol. The lowest BCUT2D eigenvalue weighted by molar-refractivity contribution is -0.137. The van der Waals surface area contributed by atoms with Gasteiger partial charge < -0.3 is 5.32 Å². The molecule has 1 N–H and O–H groups in total. The van der Waals surface area contributed by atoms with Crippen molar-refractivity contribution in [1.82, 2.24) is 25.3 Å². The number of alkyl halides is 3. The van der Waals surface area contributed by atoms with Crippen molar-refractivity contribution in [3.05, 3.63) is 95.4 Å². The number of hydrogen-bond donors (Lipinski definition) is 1. The van der Waals surface area contributed by atoms with Crippen LogP contribution in [0.15, 0.2) is 73.1 Å². The fraction of sp³-hybridized carbons (Fsp3) is 0.130. The van der Waals surface area contributed by atoms with Crippen molar-refractivity contribution in [3.8, 4) is 16.9 Å². The second-order valence-electron chi connectivity index (χ2n) is 7.16. The lowest BCUT2D eigenvalue weighted by Crippen LogP contribution is -2.24. The standard InChI is InChI=1S/C23H18F3N5O/c1-15-7-9-19(10-8-15)31-21(17-5-3-11-27-14-17)20(29-30-31)22(32)28-13-16-4-2-6-18(12-16)23(24,25)26/h2-12,14H,13H2,1H3,(H,28,32). The van der Waals surface area contributed by atoms with Crippen LogP contribution < -0.4 is 5.32 Å². The number of carbonyl (C=O) groups is 1. The van der Waals surface area contributed by atoms with Gasteiger partial charge in [0, 0.05) is 24.5 Å². The summed E-state index contributed by atoms with van der Waals surface area (Å²) in [5.74, 6) is -0.556. The Kier molecular flexibility index (Phi) is 5.72. The SMILES string of the molecule is Cc1ccc(-n2nnc(C(=O)NCc3cccc(C(F)(F)F)c3)c2-c2cccnc2)cc1. The molecule has 4 aromatic rings. The fourth-order valence-corrected chi connectivity index (χ4v) is 3.19. The summed E-state index contributed by atoms with van der Waals surface area (Å²) < 4.78 is 40.4. The summed E-state index contributed by atoms with van der Waals surface area (Å²) in [6.07, 6.45) is -1.26. The van der Waals surface area contributed by atoms with Gasteiger partial charge in [0.2, 0.25) is 0 Å². The summed E-state index contributed by atoms with van der Waals surface area (Å²) in [6, 6.07) is 15.9. The molecule has 0 spiro atoms. The van der Waals surface area contributed by atoms with Crippen LogP contribution in [0.25, 0.3) is 16.9 Å². The van der Waals surface area contributed by atoms with Gasteiger partial charge in [0.1, 0.15) is 5.69 Å². The summed E-state index contributed by atoms with van der Waals surface area (Å²) in [4.78, 5) is 17.0. The number of nitrogens with one attached hydrogen (secondary N) is 1. The zero-order chi connectivity index (χ0) is 22.7. The van der Waals surface area contributed by atoms with E-state index in [2.05, 4.69) is 20.6 Å². The average Bonchev–Trinajstić information content (AvgIpc) is 3.23. The van der Waals surface area contributed by atoms with E-state index in [-0.39, 0.29) is 12.2 Å². The lowest BCUT2D eigenvalue weighted by Gasteiger charge is -2.10. The summed E-state index contributed by atoms with van der Waals surface area (Å²) in [5.41, 5.74) is 2.43. The van der Waals surface area contributed by atoms with Gasteiger partial charge in [0.05, 0.1) is 11.3 Å². The van der Waals surface area contributed by atoms with E-state index in [0.717, 1.165) is 17.7 Å². The molecule has 32 heavy (non-hydrogen) atoms. The second-order valence-corrected chi connectivity index (χ2v) is 7.16. The summed E-state index contributed by atoms with van der Waals surface area (Å²) in [5, 5.41) is 10.8. The molecule has 2 aromatic carbocycles. The Balaban J connectivity index is 1.65. The van der Waals surface area contributed by atoms with Crippen molar-refractivity contribution in [2.75, 3.05) is 0 Å². The highest BCUT2D eigenvalue weighted by Gasteiger charge is 2.30. The van der Waals surface area contributed by atoms with Crippen LogP contribution in [0.3, 0.4) is 0 Å². The largest absolute Gasteiger partial charge is 0.416 e. The highest BCUT2D eigenvalue weighted by molar-refractivity contribution is 5.98. The minimum absolute atomic E-state index is 0.0468. The van der Waals surface area contributed by atoms with Crippen LogP contribution in [0.1, 0.15) is 27.2 Å². The Morgan fingerprint density at radius 2 is 1.84 bits per heavy atom. The Morgan fingerprint density at radius 3 is 2.53 bits per heavy atom. The fourth-order valence-electron chi connectivity index (χ4n) is 3.19. The molecule has 0 atom stereocenters. The third kappa shape index (κ3) is 4.51. The molecule has 0 unspecified atom stereocenters. The van der Waals surface area contributed by atoms with E-state index in [9.17, 15) is 18.0 Å². The number of amides is 1. The molecule has 2 aromatic heterocycles. The maximum Gasteiger partial charge on any atom is 0.416 e. The Bertz CT molecular complexity index is 1230. The number of rotatable bonds is 5. The molecule has 0 saturated carbocycles. The van der Waals surface area contributed by atoms with Gasteiger partial charge >= 0.3 is 6.18 Å². The van der Waals surface area contributed by atoms with Gasteiger partial charge in [0.15, 0.2) is 5.69 Å². The van der Waals surface area contributed by atoms with Gasteiger partial charge in [-0.3, -0.25) is 9.78 Å². The molecule has 1 amide bonds. The monoisotopic (exact) mass is 437 g/mol. The van der Waals surface area contributed by atoms with Crippen molar-refractivity contribution >= 4 is 5.91 Å². The quantitative estimate of drug-likeness (QED) is 0.496. The molecule has 162 valence electrons. The maximum absolute atomic E-state index is 12.9. The highest BCUT2D eigenvalue weighted by Crippen LogP contribution is 2.29. The number of aromatic nitrogens is 4. The third-order valence-corrected chi connectivity index (χ3v) is 4.81. The molecule has 9 heteroatoms. The highest BCUT2D eigenvalue weighted by atomic mass is 19.4. The molecule has 0 aliphatic carbocycles. The van der Waals surface area contributed by atoms with Gasteiger partial charge in [-0.2, -0.15) is 13.2 Å². The van der Waals surface area contributed by atoms with Crippen molar-refractivity contribution in [3.63, 3.8) is 0 Å². The number of aryl methyl sites for hydroxylation is 1. The van der Waals surface area contributed by atoms with E-state index in [1.807, 2.05) is 31.2 Å². The lowest BCUT2D eigenvalue weighted by atomic mass is 10.1. The molecule has 0 fully saturated rings. The van der Waals surface area contributed by atoms with Gasteiger partial charge in [-0.25, -0.2) is 4.68 Å². The summed E-state index contributed by atoms with van der Waals surface area (Å²) in [6.45, 7) is 1.87. The number of nitrogens with zero attached hydrogens (tertiary/aromatic N) is 4. The van der Waals surface area contributed by atoms with Gasteiger partial charge in [-0.1, -0.05) is 35.0 Å². The van der Waals surface area contributed by atoms with Crippen LogP contribution in [0.2, 0.25) is 0 Å². The number of hydrogen-bond acceptors (Lipinski definition) is 4. The molecule has 0 saturated heterocycles. The zero-order valence-electron chi connectivity index (χ0n) is 17.0. The van der Waals surface area contributed by atoms with Crippen LogP contribution in [0, 0.1) is 6.92 Å². The number of carbonyl (C=O) groups excluding carboxylic acids is 1. The Hall–Kier alpha value is -4.01. The molecule has 0 aliphatic rings. The van der Waals surface area contributed by atoms with Crippen molar-refractivity contribution < 1.29 is 18.0 Å². The van der Waals surface area contributed by atoms with Crippen LogP contribution >= 0.6 is 0 Å². The van der Waals surface area contributed by atoms with Gasteiger partial charge in [-0.15, -0.1) is 5.10 Å². The molecule has 0 aliphatic heterocycles. The second kappa shape index (κ2) is 8.62. The first-order valence-corrected chi connectivity index (χ1v) is 9.70. The molecular weight excluding hydrogens is 419 g/mol. The van der Waals surface area contributed by atoms with Crippen molar-refractivity contribution in [1.29, 1.82) is 0 Å². The Morgan fingerprint density at radius 1 is 1.06 bits per heavy atom. The molecule has 2 heterocycles. The van der Waals surface area contributed by atoms with Crippen LogP contribution in [0.4, 0.5) is 13.2 Å². The molecule has 4 rings (SSSR count). The van der Waals surface area contributed by atoms with E-state index in [4.69, 9.17) is 0 Å². The van der Waals surface area contributed by atoms with E-state index in [0.29, 0.717) is 22.5 Å². The third-order valence-electron chi connectivity index (χ3n) is 4.81. The average molecular weight is 437 g/mol. The summed E-state index contributed by atoms with van der Waals surface area (Å²) in [7, 11) is 0. The van der Waals surface area contributed by atoms with Crippen LogP contribution in [0.5, 0.6) is 0 Å². The first-order chi connectivity index (χ1) is 15.3. The smallest absolute Gasteiger partial charge is 0.346 e. The van der Waals surface area contributed by atoms with Crippen LogP contribution in [-0.2, 0) is 12.7 Å². The van der Waals surface area contributed by atoms with Gasteiger partial charge in [0.25, 0.3) is 5.91 Å².